The summed E-state index contributed by atoms with van der Waals surface area (Å²) in [5.74, 6) is 0.962. The van der Waals surface area contributed by atoms with Crippen molar-refractivity contribution in [1.82, 2.24) is 14.5 Å². The van der Waals surface area contributed by atoms with Crippen LogP contribution < -0.4 is 10.6 Å². The molecule has 2 atom stereocenters. The van der Waals surface area contributed by atoms with Gasteiger partial charge in [0.25, 0.3) is 0 Å². The Balaban J connectivity index is 1.84. The molecule has 3 aromatic rings. The third kappa shape index (κ3) is 3.26. The molecule has 0 spiro atoms. The van der Waals surface area contributed by atoms with Crippen LogP contribution in [0, 0.1) is 11.3 Å². The average Bonchev–Trinajstić information content (AvgIpc) is 3.09. The van der Waals surface area contributed by atoms with Gasteiger partial charge in [-0.1, -0.05) is 19.1 Å². The van der Waals surface area contributed by atoms with Crippen LogP contribution in [0.25, 0.3) is 11.0 Å². The van der Waals surface area contributed by atoms with E-state index in [9.17, 15) is 0 Å². The van der Waals surface area contributed by atoms with Crippen molar-refractivity contribution in [3.63, 3.8) is 0 Å². The number of fused-ring (bicyclic) bond motifs is 1. The Kier molecular flexibility index (Phi) is 4.78. The smallest absolute Gasteiger partial charge is 0.207 e. The Morgan fingerprint density at radius 2 is 2.15 bits per heavy atom. The van der Waals surface area contributed by atoms with E-state index in [-0.39, 0.29) is 12.1 Å². The van der Waals surface area contributed by atoms with E-state index in [0.29, 0.717) is 5.56 Å². The number of piperidine rings is 1. The van der Waals surface area contributed by atoms with Crippen LogP contribution in [-0.4, -0.2) is 33.7 Å². The minimum Gasteiger partial charge on any atom is -0.341 e. The second-order valence-electron chi connectivity index (χ2n) is 7.13. The van der Waals surface area contributed by atoms with Crippen LogP contribution in [0.3, 0.4) is 0 Å². The minimum atomic E-state index is 0.0540. The summed E-state index contributed by atoms with van der Waals surface area (Å²) >= 11 is 0. The van der Waals surface area contributed by atoms with E-state index in [2.05, 4.69) is 39.6 Å². The van der Waals surface area contributed by atoms with E-state index >= 15 is 0 Å². The lowest BCUT2D eigenvalue weighted by atomic mass is 10.1. The number of para-hydroxylation sites is 2. The molecule has 2 aromatic heterocycles. The molecule has 0 aliphatic carbocycles. The normalized spacial score (nSPS) is 18.4. The Hall–Kier alpha value is -2.91. The van der Waals surface area contributed by atoms with E-state index in [1.54, 1.807) is 6.20 Å². The topological polar surface area (TPSA) is 83.8 Å². The van der Waals surface area contributed by atoms with E-state index in [0.717, 1.165) is 55.0 Å². The third-order valence-corrected chi connectivity index (χ3v) is 5.27. The first-order chi connectivity index (χ1) is 13.2. The Bertz CT molecular complexity index is 968. The second-order valence-corrected chi connectivity index (χ2v) is 7.13. The van der Waals surface area contributed by atoms with Gasteiger partial charge in [-0.05, 0) is 43.5 Å². The maximum atomic E-state index is 9.07. The molecule has 3 heterocycles. The minimum absolute atomic E-state index is 0.0540. The van der Waals surface area contributed by atoms with Gasteiger partial charge >= 0.3 is 0 Å². The van der Waals surface area contributed by atoms with E-state index < -0.39 is 0 Å². The lowest BCUT2D eigenvalue weighted by Crippen LogP contribution is -2.44. The maximum Gasteiger partial charge on any atom is 0.207 e. The van der Waals surface area contributed by atoms with Crippen molar-refractivity contribution in [2.45, 2.75) is 38.3 Å². The number of nitrogens with zero attached hydrogens (tertiary/aromatic N) is 5. The molecule has 1 aliphatic rings. The number of benzene rings is 1. The lowest BCUT2D eigenvalue weighted by Gasteiger charge is -2.33. The summed E-state index contributed by atoms with van der Waals surface area (Å²) in [6, 6.07) is 14.4. The zero-order valence-electron chi connectivity index (χ0n) is 15.5. The first kappa shape index (κ1) is 17.5. The number of imidazole rings is 1. The molecule has 4 rings (SSSR count). The number of anilines is 1. The quantitative estimate of drug-likeness (QED) is 0.772. The summed E-state index contributed by atoms with van der Waals surface area (Å²) in [6.07, 6.45) is 4.67. The molecule has 1 aliphatic heterocycles. The highest BCUT2D eigenvalue weighted by molar-refractivity contribution is 5.79. The van der Waals surface area contributed by atoms with Crippen LogP contribution in [0.5, 0.6) is 0 Å². The molecular formula is C21H24N6. The molecule has 2 N–H and O–H groups in total. The second kappa shape index (κ2) is 7.37. The molecule has 6 heteroatoms. The molecule has 0 amide bonds. The first-order valence-electron chi connectivity index (χ1n) is 9.54. The zero-order chi connectivity index (χ0) is 18.8. The number of nitrogens with two attached hydrogens (primary N) is 1. The third-order valence-electron chi connectivity index (χ3n) is 5.27. The first-order valence-corrected chi connectivity index (χ1v) is 9.54. The Morgan fingerprint density at radius 3 is 2.85 bits per heavy atom. The zero-order valence-corrected chi connectivity index (χ0v) is 15.5. The Labute approximate surface area is 159 Å². The molecule has 1 aromatic carbocycles. The van der Waals surface area contributed by atoms with Gasteiger partial charge in [0, 0.05) is 25.3 Å². The van der Waals surface area contributed by atoms with Gasteiger partial charge in [-0.15, -0.1) is 0 Å². The van der Waals surface area contributed by atoms with Crippen LogP contribution in [-0.2, 0) is 0 Å². The summed E-state index contributed by atoms with van der Waals surface area (Å²) in [7, 11) is 0. The van der Waals surface area contributed by atoms with Crippen molar-refractivity contribution in [2.24, 2.45) is 5.73 Å². The van der Waals surface area contributed by atoms with Gasteiger partial charge in [-0.25, -0.2) is 4.98 Å². The van der Waals surface area contributed by atoms with Gasteiger partial charge in [0.1, 0.15) is 6.07 Å². The highest BCUT2D eigenvalue weighted by Gasteiger charge is 2.26. The van der Waals surface area contributed by atoms with Gasteiger partial charge < -0.3 is 15.2 Å². The fourth-order valence-electron chi connectivity index (χ4n) is 3.95. The van der Waals surface area contributed by atoms with Gasteiger partial charge in [0.05, 0.1) is 28.3 Å². The maximum absolute atomic E-state index is 9.07. The summed E-state index contributed by atoms with van der Waals surface area (Å²) in [5, 5.41) is 9.07. The molecule has 1 fully saturated rings. The highest BCUT2D eigenvalue weighted by atomic mass is 15.3. The highest BCUT2D eigenvalue weighted by Crippen LogP contribution is 2.33. The summed E-state index contributed by atoms with van der Waals surface area (Å²) < 4.78 is 2.29. The predicted molar refractivity (Wildman–Crippen MR) is 107 cm³/mol. The average molecular weight is 360 g/mol. The summed E-state index contributed by atoms with van der Waals surface area (Å²) in [5.41, 5.74) is 9.85. The van der Waals surface area contributed by atoms with Crippen LogP contribution in [0.15, 0.2) is 42.6 Å². The molecule has 0 saturated carbocycles. The molecular weight excluding hydrogens is 336 g/mol. The van der Waals surface area contributed by atoms with Crippen molar-refractivity contribution in [2.75, 3.05) is 18.0 Å². The number of hydrogen-bond acceptors (Lipinski definition) is 5. The Morgan fingerprint density at radius 1 is 1.30 bits per heavy atom. The fourth-order valence-corrected chi connectivity index (χ4v) is 3.95. The van der Waals surface area contributed by atoms with Crippen molar-refractivity contribution < 1.29 is 0 Å². The van der Waals surface area contributed by atoms with Crippen molar-refractivity contribution in [1.29, 1.82) is 5.26 Å². The molecule has 1 saturated heterocycles. The van der Waals surface area contributed by atoms with E-state index in [4.69, 9.17) is 16.0 Å². The van der Waals surface area contributed by atoms with Gasteiger partial charge in [0.15, 0.2) is 0 Å². The van der Waals surface area contributed by atoms with Crippen molar-refractivity contribution >= 4 is 17.0 Å². The molecule has 0 radical (unpaired) electrons. The van der Waals surface area contributed by atoms with Crippen LogP contribution >= 0.6 is 0 Å². The van der Waals surface area contributed by atoms with E-state index in [1.165, 1.54) is 0 Å². The number of pyridine rings is 1. The van der Waals surface area contributed by atoms with Crippen LogP contribution in [0.4, 0.5) is 5.95 Å². The standard InChI is InChI=1S/C21H24N6/c1-2-19(17-10-9-15(12-22)13-24-17)27-20-8-4-3-7-18(20)25-21(27)26-11-5-6-16(23)14-26/h3-4,7-10,13,16,19H,2,5-6,11,14,23H2,1H3/t16?,19-/m0/s1. The monoisotopic (exact) mass is 360 g/mol. The fraction of sp³-hybridized carbons (Fsp3) is 0.381. The SMILES string of the molecule is CC[C@@H](c1ccc(C#N)cn1)n1c(N2CCCC(N)C2)nc2ccccc21. The van der Waals surface area contributed by atoms with Crippen molar-refractivity contribution in [3.8, 4) is 6.07 Å². The molecule has 1 unspecified atom stereocenters. The largest absolute Gasteiger partial charge is 0.341 e. The summed E-state index contributed by atoms with van der Waals surface area (Å²) in [6.45, 7) is 3.94. The number of hydrogen-bond donors (Lipinski definition) is 1. The summed E-state index contributed by atoms with van der Waals surface area (Å²) in [4.78, 5) is 11.8. The number of aromatic nitrogens is 3. The molecule has 138 valence electrons. The van der Waals surface area contributed by atoms with Crippen molar-refractivity contribution in [3.05, 3.63) is 53.9 Å². The number of rotatable bonds is 4. The lowest BCUT2D eigenvalue weighted by molar-refractivity contribution is 0.482. The van der Waals surface area contributed by atoms with Gasteiger partial charge in [0.2, 0.25) is 5.95 Å². The van der Waals surface area contributed by atoms with Crippen LogP contribution in [0.2, 0.25) is 0 Å². The molecule has 6 nitrogen and oxygen atoms in total. The van der Waals surface area contributed by atoms with Crippen LogP contribution in [0.1, 0.15) is 43.5 Å². The van der Waals surface area contributed by atoms with E-state index in [1.807, 2.05) is 24.3 Å². The number of nitriles is 1. The molecule has 27 heavy (non-hydrogen) atoms. The molecule has 0 bridgehead atoms. The predicted octanol–water partition coefficient (Wildman–Crippen LogP) is 3.23. The van der Waals surface area contributed by atoms with Gasteiger partial charge in [-0.2, -0.15) is 5.26 Å². The van der Waals surface area contributed by atoms with Gasteiger partial charge in [-0.3, -0.25) is 4.98 Å².